The van der Waals surface area contributed by atoms with Gasteiger partial charge in [-0.05, 0) is 43.0 Å². The fourth-order valence-electron chi connectivity index (χ4n) is 1.92. The first-order valence-electron chi connectivity index (χ1n) is 5.45. The Morgan fingerprint density at radius 2 is 2.07 bits per heavy atom. The molecule has 0 radical (unpaired) electrons. The largest absolute Gasteiger partial charge is 0.321 e. The monoisotopic (exact) mass is 209 g/mol. The molecule has 15 heavy (non-hydrogen) atoms. The van der Waals surface area contributed by atoms with Crippen molar-refractivity contribution in [3.63, 3.8) is 0 Å². The molecule has 2 heteroatoms. The van der Waals surface area contributed by atoms with Crippen LogP contribution in [0.25, 0.3) is 0 Å². The third-order valence-corrected chi connectivity index (χ3v) is 3.40. The Morgan fingerprint density at radius 1 is 1.47 bits per heavy atom. The zero-order valence-corrected chi connectivity index (χ0v) is 9.97. The lowest BCUT2D eigenvalue weighted by molar-refractivity contribution is 0.314. The molecule has 1 aromatic rings. The van der Waals surface area contributed by atoms with Crippen LogP contribution in [0.3, 0.4) is 0 Å². The van der Waals surface area contributed by atoms with Crippen molar-refractivity contribution in [1.29, 1.82) is 0 Å². The first kappa shape index (κ1) is 12.2. The second-order valence-electron chi connectivity index (χ2n) is 4.55. The van der Waals surface area contributed by atoms with Gasteiger partial charge in [-0.2, -0.15) is 0 Å². The van der Waals surface area contributed by atoms with Gasteiger partial charge in [0.2, 0.25) is 0 Å². The molecule has 0 saturated heterocycles. The highest BCUT2D eigenvalue weighted by Gasteiger charge is 2.28. The van der Waals surface area contributed by atoms with Gasteiger partial charge in [0.25, 0.3) is 0 Å². The average molecular weight is 209 g/mol. The van der Waals surface area contributed by atoms with Crippen molar-refractivity contribution in [2.24, 2.45) is 11.7 Å². The first-order chi connectivity index (χ1) is 6.89. The van der Waals surface area contributed by atoms with Gasteiger partial charge in [-0.3, -0.25) is 0 Å². The molecule has 0 saturated carbocycles. The number of hydrogen-bond donors (Lipinski definition) is 1. The van der Waals surface area contributed by atoms with Crippen molar-refractivity contribution >= 4 is 0 Å². The first-order valence-corrected chi connectivity index (χ1v) is 5.45. The maximum Gasteiger partial charge on any atom is 0.123 e. The fourth-order valence-corrected chi connectivity index (χ4v) is 1.92. The number of rotatable bonds is 3. The Balaban J connectivity index is 3.15. The smallest absolute Gasteiger partial charge is 0.123 e. The third kappa shape index (κ3) is 2.37. The predicted octanol–water partition coefficient (Wildman–Crippen LogP) is 3.35. The summed E-state index contributed by atoms with van der Waals surface area (Å²) in [4.78, 5) is 0. The molecule has 2 unspecified atom stereocenters. The molecule has 2 N–H and O–H groups in total. The van der Waals surface area contributed by atoms with E-state index in [9.17, 15) is 4.39 Å². The van der Waals surface area contributed by atoms with Gasteiger partial charge in [-0.1, -0.05) is 26.3 Å². The molecule has 1 aromatic carbocycles. The average Bonchev–Trinajstić information content (AvgIpc) is 2.15. The van der Waals surface area contributed by atoms with Gasteiger partial charge in [0.05, 0.1) is 0 Å². The Hall–Kier alpha value is -0.890. The SMILES string of the molecule is CCC(C)C(C)(N)c1ccc(F)cc1C. The molecule has 1 rings (SSSR count). The van der Waals surface area contributed by atoms with Crippen LogP contribution in [-0.2, 0) is 5.54 Å². The minimum Gasteiger partial charge on any atom is -0.321 e. The summed E-state index contributed by atoms with van der Waals surface area (Å²) in [6.45, 7) is 8.17. The standard InChI is InChI=1S/C13H20FN/c1-5-10(3)13(4,15)12-7-6-11(14)8-9(12)2/h6-8,10H,5,15H2,1-4H3. The molecule has 84 valence electrons. The molecule has 0 fully saturated rings. The van der Waals surface area contributed by atoms with Crippen molar-refractivity contribution in [2.75, 3.05) is 0 Å². The van der Waals surface area contributed by atoms with Crippen LogP contribution in [0.4, 0.5) is 4.39 Å². The molecule has 0 aliphatic carbocycles. The third-order valence-electron chi connectivity index (χ3n) is 3.40. The summed E-state index contributed by atoms with van der Waals surface area (Å²) >= 11 is 0. The predicted molar refractivity (Wildman–Crippen MR) is 62.1 cm³/mol. The number of hydrogen-bond acceptors (Lipinski definition) is 1. The summed E-state index contributed by atoms with van der Waals surface area (Å²) in [6, 6.07) is 4.83. The topological polar surface area (TPSA) is 26.0 Å². The van der Waals surface area contributed by atoms with Gasteiger partial charge in [0.1, 0.15) is 5.82 Å². The van der Waals surface area contributed by atoms with Crippen LogP contribution in [0.5, 0.6) is 0 Å². The van der Waals surface area contributed by atoms with E-state index in [-0.39, 0.29) is 11.4 Å². The Labute approximate surface area is 91.5 Å². The summed E-state index contributed by atoms with van der Waals surface area (Å²) < 4.78 is 13.0. The molecule has 0 aliphatic rings. The second kappa shape index (κ2) is 4.31. The van der Waals surface area contributed by atoms with Crippen molar-refractivity contribution < 1.29 is 4.39 Å². The molecule has 0 aromatic heterocycles. The maximum absolute atomic E-state index is 13.0. The molecular weight excluding hydrogens is 189 g/mol. The van der Waals surface area contributed by atoms with Gasteiger partial charge in [-0.25, -0.2) is 4.39 Å². The number of aryl methyl sites for hydroxylation is 1. The fraction of sp³-hybridized carbons (Fsp3) is 0.538. The highest BCUT2D eigenvalue weighted by atomic mass is 19.1. The summed E-state index contributed by atoms with van der Waals surface area (Å²) in [7, 11) is 0. The van der Waals surface area contributed by atoms with E-state index in [0.29, 0.717) is 5.92 Å². The summed E-state index contributed by atoms with van der Waals surface area (Å²) in [5.74, 6) is 0.179. The Bertz CT molecular complexity index is 344. The molecule has 0 aliphatic heterocycles. The lowest BCUT2D eigenvalue weighted by Crippen LogP contribution is -2.40. The van der Waals surface area contributed by atoms with Gasteiger partial charge in [0, 0.05) is 5.54 Å². The number of benzene rings is 1. The lowest BCUT2D eigenvalue weighted by Gasteiger charge is -2.33. The second-order valence-corrected chi connectivity index (χ2v) is 4.55. The quantitative estimate of drug-likeness (QED) is 0.811. The van der Waals surface area contributed by atoms with E-state index >= 15 is 0 Å². The molecule has 1 nitrogen and oxygen atoms in total. The summed E-state index contributed by atoms with van der Waals surface area (Å²) in [6.07, 6.45) is 1.02. The minimum absolute atomic E-state index is 0.198. The van der Waals surface area contributed by atoms with E-state index in [0.717, 1.165) is 17.5 Å². The van der Waals surface area contributed by atoms with Crippen LogP contribution in [-0.4, -0.2) is 0 Å². The van der Waals surface area contributed by atoms with Crippen LogP contribution in [0.15, 0.2) is 18.2 Å². The van der Waals surface area contributed by atoms with E-state index in [2.05, 4.69) is 13.8 Å². The molecule has 0 bridgehead atoms. The van der Waals surface area contributed by atoms with Crippen LogP contribution < -0.4 is 5.73 Å². The maximum atomic E-state index is 13.0. The highest BCUT2D eigenvalue weighted by Crippen LogP contribution is 2.31. The van der Waals surface area contributed by atoms with E-state index in [1.807, 2.05) is 13.8 Å². The molecule has 0 spiro atoms. The highest BCUT2D eigenvalue weighted by molar-refractivity contribution is 5.33. The van der Waals surface area contributed by atoms with Crippen molar-refractivity contribution in [1.82, 2.24) is 0 Å². The molecule has 0 heterocycles. The number of halogens is 1. The van der Waals surface area contributed by atoms with Crippen LogP contribution in [0, 0.1) is 18.7 Å². The zero-order chi connectivity index (χ0) is 11.6. The van der Waals surface area contributed by atoms with Gasteiger partial charge in [-0.15, -0.1) is 0 Å². The van der Waals surface area contributed by atoms with Gasteiger partial charge in [0.15, 0.2) is 0 Å². The van der Waals surface area contributed by atoms with Crippen LogP contribution >= 0.6 is 0 Å². The van der Waals surface area contributed by atoms with Gasteiger partial charge < -0.3 is 5.73 Å². The zero-order valence-electron chi connectivity index (χ0n) is 9.97. The number of nitrogens with two attached hydrogens (primary N) is 1. The summed E-state index contributed by atoms with van der Waals surface area (Å²) in [5.41, 5.74) is 7.91. The molecule has 0 amide bonds. The van der Waals surface area contributed by atoms with Crippen molar-refractivity contribution in [3.8, 4) is 0 Å². The van der Waals surface area contributed by atoms with Crippen molar-refractivity contribution in [2.45, 2.75) is 39.7 Å². The minimum atomic E-state index is -0.382. The van der Waals surface area contributed by atoms with E-state index in [1.165, 1.54) is 6.07 Å². The Kier molecular flexibility index (Phi) is 3.50. The molecule has 2 atom stereocenters. The van der Waals surface area contributed by atoms with Crippen LogP contribution in [0.1, 0.15) is 38.3 Å². The Morgan fingerprint density at radius 3 is 2.53 bits per heavy atom. The van der Waals surface area contributed by atoms with E-state index < -0.39 is 0 Å². The van der Waals surface area contributed by atoms with Crippen LogP contribution in [0.2, 0.25) is 0 Å². The molecular formula is C13H20FN. The van der Waals surface area contributed by atoms with Gasteiger partial charge >= 0.3 is 0 Å². The van der Waals surface area contributed by atoms with E-state index in [4.69, 9.17) is 5.73 Å². The van der Waals surface area contributed by atoms with E-state index in [1.54, 1.807) is 12.1 Å². The summed E-state index contributed by atoms with van der Waals surface area (Å²) in [5, 5.41) is 0. The van der Waals surface area contributed by atoms with Crippen molar-refractivity contribution in [3.05, 3.63) is 35.1 Å². The lowest BCUT2D eigenvalue weighted by atomic mass is 9.78. The normalized spacial score (nSPS) is 17.2.